The summed E-state index contributed by atoms with van der Waals surface area (Å²) >= 11 is 9.40. The van der Waals surface area contributed by atoms with E-state index < -0.39 is 11.5 Å². The number of hydrogen-bond acceptors (Lipinski definition) is 2. The molecule has 1 rings (SSSR count). The van der Waals surface area contributed by atoms with E-state index in [0.29, 0.717) is 10.6 Å². The summed E-state index contributed by atoms with van der Waals surface area (Å²) in [5.74, 6) is -1.43. The molecule has 0 bridgehead atoms. The highest BCUT2D eigenvalue weighted by Crippen LogP contribution is 2.35. The van der Waals surface area contributed by atoms with Gasteiger partial charge in [-0.3, -0.25) is 4.79 Å². The SMILES string of the molecule is CCN(C(C)=O)C(C)(C(=O)O)c1ccc(Br)cc1Cl. The summed E-state index contributed by atoms with van der Waals surface area (Å²) in [4.78, 5) is 24.7. The summed E-state index contributed by atoms with van der Waals surface area (Å²) in [5.41, 5.74) is -1.10. The average Bonchev–Trinajstić information content (AvgIpc) is 2.28. The Bertz CT molecular complexity index is 521. The van der Waals surface area contributed by atoms with Crippen LogP contribution in [0.3, 0.4) is 0 Å². The molecule has 0 saturated carbocycles. The van der Waals surface area contributed by atoms with E-state index in [9.17, 15) is 14.7 Å². The third kappa shape index (κ3) is 2.92. The summed E-state index contributed by atoms with van der Waals surface area (Å²) < 4.78 is 0.750. The second kappa shape index (κ2) is 5.92. The van der Waals surface area contributed by atoms with E-state index in [1.807, 2.05) is 0 Å². The molecule has 1 amide bonds. The number of rotatable bonds is 4. The smallest absolute Gasteiger partial charge is 0.334 e. The molecule has 1 atom stereocenters. The van der Waals surface area contributed by atoms with Gasteiger partial charge in [-0.25, -0.2) is 4.79 Å². The summed E-state index contributed by atoms with van der Waals surface area (Å²) in [7, 11) is 0. The highest BCUT2D eigenvalue weighted by molar-refractivity contribution is 9.10. The molecule has 0 aliphatic carbocycles. The van der Waals surface area contributed by atoms with Crippen LogP contribution in [0.15, 0.2) is 22.7 Å². The first-order valence-corrected chi connectivity index (χ1v) is 6.89. The molecule has 0 aliphatic heterocycles. The summed E-state index contributed by atoms with van der Waals surface area (Å²) in [6.45, 7) is 4.84. The molecule has 1 N–H and O–H groups in total. The van der Waals surface area contributed by atoms with Gasteiger partial charge in [0.15, 0.2) is 5.54 Å². The molecule has 0 heterocycles. The van der Waals surface area contributed by atoms with Gasteiger partial charge in [0.05, 0.1) is 0 Å². The normalized spacial score (nSPS) is 13.7. The van der Waals surface area contributed by atoms with Crippen LogP contribution in [0, 0.1) is 0 Å². The van der Waals surface area contributed by atoms with Crippen LogP contribution in [0.5, 0.6) is 0 Å². The minimum Gasteiger partial charge on any atom is -0.479 e. The Morgan fingerprint density at radius 3 is 2.42 bits per heavy atom. The largest absolute Gasteiger partial charge is 0.479 e. The Hall–Kier alpha value is -1.07. The topological polar surface area (TPSA) is 57.6 Å². The molecule has 4 nitrogen and oxygen atoms in total. The van der Waals surface area contributed by atoms with E-state index in [4.69, 9.17) is 11.6 Å². The van der Waals surface area contributed by atoms with Gasteiger partial charge in [0, 0.05) is 28.5 Å². The Balaban J connectivity index is 3.49. The Kier molecular flexibility index (Phi) is 4.98. The lowest BCUT2D eigenvalue weighted by Gasteiger charge is -2.37. The molecular formula is C13H15BrClNO3. The van der Waals surface area contributed by atoms with Crippen molar-refractivity contribution < 1.29 is 14.7 Å². The first kappa shape index (κ1) is 16.0. The van der Waals surface area contributed by atoms with Gasteiger partial charge >= 0.3 is 5.97 Å². The quantitative estimate of drug-likeness (QED) is 0.908. The van der Waals surface area contributed by atoms with Crippen LogP contribution in [0.2, 0.25) is 5.02 Å². The van der Waals surface area contributed by atoms with Gasteiger partial charge in [-0.2, -0.15) is 0 Å². The fourth-order valence-corrected chi connectivity index (χ4v) is 2.97. The zero-order valence-corrected chi connectivity index (χ0v) is 13.2. The lowest BCUT2D eigenvalue weighted by molar-refractivity contribution is -0.158. The van der Waals surface area contributed by atoms with Crippen molar-refractivity contribution in [3.63, 3.8) is 0 Å². The van der Waals surface area contributed by atoms with Crippen LogP contribution in [0.4, 0.5) is 0 Å². The number of halogens is 2. The lowest BCUT2D eigenvalue weighted by atomic mass is 9.89. The number of carbonyl (C=O) groups is 2. The lowest BCUT2D eigenvalue weighted by Crippen LogP contribution is -2.52. The molecule has 1 aromatic rings. The number of amides is 1. The fourth-order valence-electron chi connectivity index (χ4n) is 2.11. The van der Waals surface area contributed by atoms with E-state index >= 15 is 0 Å². The molecule has 104 valence electrons. The first-order chi connectivity index (χ1) is 8.75. The number of likely N-dealkylation sites (N-methyl/N-ethyl adjacent to an activating group) is 1. The third-order valence-corrected chi connectivity index (χ3v) is 3.91. The molecular weight excluding hydrogens is 334 g/mol. The zero-order valence-electron chi connectivity index (χ0n) is 10.9. The number of hydrogen-bond donors (Lipinski definition) is 1. The van der Waals surface area contributed by atoms with Gasteiger partial charge in [-0.1, -0.05) is 33.6 Å². The van der Waals surface area contributed by atoms with Crippen LogP contribution in [0.1, 0.15) is 26.3 Å². The van der Waals surface area contributed by atoms with Crippen molar-refractivity contribution in [2.45, 2.75) is 26.3 Å². The monoisotopic (exact) mass is 347 g/mol. The molecule has 1 unspecified atom stereocenters. The first-order valence-electron chi connectivity index (χ1n) is 5.72. The second-order valence-electron chi connectivity index (χ2n) is 4.26. The molecule has 0 fully saturated rings. The Morgan fingerprint density at radius 2 is 2.05 bits per heavy atom. The predicted molar refractivity (Wildman–Crippen MR) is 77.2 cm³/mol. The second-order valence-corrected chi connectivity index (χ2v) is 5.59. The molecule has 0 saturated heterocycles. The predicted octanol–water partition coefficient (Wildman–Crippen LogP) is 3.27. The maximum absolute atomic E-state index is 11.7. The van der Waals surface area contributed by atoms with Crippen LogP contribution in [-0.2, 0) is 15.1 Å². The third-order valence-electron chi connectivity index (χ3n) is 3.11. The minimum atomic E-state index is -1.49. The van der Waals surface area contributed by atoms with Gasteiger partial charge in [-0.15, -0.1) is 0 Å². The zero-order chi connectivity index (χ0) is 14.8. The van der Waals surface area contributed by atoms with E-state index in [-0.39, 0.29) is 12.5 Å². The van der Waals surface area contributed by atoms with Gasteiger partial charge in [0.25, 0.3) is 0 Å². The number of carbonyl (C=O) groups excluding carboxylic acids is 1. The minimum absolute atomic E-state index is 0.282. The Morgan fingerprint density at radius 1 is 1.47 bits per heavy atom. The van der Waals surface area contributed by atoms with Crippen LogP contribution >= 0.6 is 27.5 Å². The van der Waals surface area contributed by atoms with Crippen molar-refractivity contribution in [1.29, 1.82) is 0 Å². The molecule has 0 spiro atoms. The fraction of sp³-hybridized carbons (Fsp3) is 0.385. The molecule has 19 heavy (non-hydrogen) atoms. The summed E-state index contributed by atoms with van der Waals surface area (Å²) in [5, 5.41) is 9.87. The van der Waals surface area contributed by atoms with E-state index in [2.05, 4.69) is 15.9 Å². The number of carboxylic acid groups (broad SMARTS) is 1. The van der Waals surface area contributed by atoms with E-state index in [1.54, 1.807) is 25.1 Å². The highest BCUT2D eigenvalue weighted by atomic mass is 79.9. The van der Waals surface area contributed by atoms with E-state index in [0.717, 1.165) is 4.47 Å². The molecule has 1 aromatic carbocycles. The molecule has 0 radical (unpaired) electrons. The van der Waals surface area contributed by atoms with Crippen molar-refractivity contribution in [2.24, 2.45) is 0 Å². The molecule has 6 heteroatoms. The van der Waals surface area contributed by atoms with Gasteiger partial charge in [-0.05, 0) is 26.0 Å². The Labute approximate surface area is 125 Å². The van der Waals surface area contributed by atoms with Crippen molar-refractivity contribution >= 4 is 39.4 Å². The summed E-state index contributed by atoms with van der Waals surface area (Å²) in [6, 6.07) is 4.94. The summed E-state index contributed by atoms with van der Waals surface area (Å²) in [6.07, 6.45) is 0. The van der Waals surface area contributed by atoms with Crippen LogP contribution < -0.4 is 0 Å². The van der Waals surface area contributed by atoms with Gasteiger partial charge < -0.3 is 10.0 Å². The van der Waals surface area contributed by atoms with Crippen molar-refractivity contribution in [3.05, 3.63) is 33.3 Å². The number of nitrogens with zero attached hydrogens (tertiary/aromatic N) is 1. The van der Waals surface area contributed by atoms with Crippen molar-refractivity contribution in [2.75, 3.05) is 6.54 Å². The average molecular weight is 349 g/mol. The maximum Gasteiger partial charge on any atom is 0.334 e. The molecule has 0 aromatic heterocycles. The highest BCUT2D eigenvalue weighted by Gasteiger charge is 2.43. The van der Waals surface area contributed by atoms with Crippen LogP contribution in [0.25, 0.3) is 0 Å². The van der Waals surface area contributed by atoms with Gasteiger partial charge in [0.1, 0.15) is 0 Å². The number of carboxylic acids is 1. The van der Waals surface area contributed by atoms with Crippen molar-refractivity contribution in [3.8, 4) is 0 Å². The van der Waals surface area contributed by atoms with Crippen LogP contribution in [-0.4, -0.2) is 28.4 Å². The number of benzene rings is 1. The standard InChI is InChI=1S/C13H15BrClNO3/c1-4-16(8(2)17)13(3,12(18)19)10-6-5-9(14)7-11(10)15/h5-7H,4H2,1-3H3,(H,18,19). The van der Waals surface area contributed by atoms with E-state index in [1.165, 1.54) is 18.7 Å². The van der Waals surface area contributed by atoms with Crippen molar-refractivity contribution in [1.82, 2.24) is 4.90 Å². The maximum atomic E-state index is 11.7. The molecule has 0 aliphatic rings. The van der Waals surface area contributed by atoms with Gasteiger partial charge in [0.2, 0.25) is 5.91 Å². The number of aliphatic carboxylic acids is 1.